The van der Waals surface area contributed by atoms with Crippen molar-refractivity contribution in [3.63, 3.8) is 0 Å². The molecule has 0 amide bonds. The molecule has 4 aromatic heterocycles. The first-order valence-corrected chi connectivity index (χ1v) is 26.1. The molecule has 2 aliphatic rings. The summed E-state index contributed by atoms with van der Waals surface area (Å²) in [5.74, 6) is -1.24. The van der Waals surface area contributed by atoms with Crippen LogP contribution in [-0.2, 0) is 40.4 Å². The quantitative estimate of drug-likeness (QED) is 0.0861. The molecule has 71 heavy (non-hydrogen) atoms. The molecule has 0 aliphatic carbocycles. The Morgan fingerprint density at radius 2 is 1.03 bits per heavy atom. The number of fused-ring (bicyclic) bond motifs is 20. The highest BCUT2D eigenvalue weighted by Gasteiger charge is 2.31. The van der Waals surface area contributed by atoms with E-state index in [0.717, 1.165) is 24.3 Å². The average Bonchev–Trinajstić information content (AvgIpc) is 4.03. The molecule has 0 spiro atoms. The van der Waals surface area contributed by atoms with Gasteiger partial charge in [0.2, 0.25) is 17.2 Å². The number of nitrogens with two attached hydrogens (primary N) is 1. The SMILES string of the molecule is Nc1nc(Cl)nc(Nc2cccc(NS(=O)(=O)c3cccc4c3-c3nc-4nc4[nH]c(nc5nc(nc6[nH]c(n3)c3cccc(S(=O)(=O)O)c63)-c3ccc(S(=O)(=O)O)cc3-5)c3cccc(S(=O)(=O)O)c43)c2)n1. The lowest BCUT2D eigenvalue weighted by atomic mass is 10.1. The predicted octanol–water partition coefficient (Wildman–Crippen LogP) is 5.57. The number of nitrogens with zero attached hydrogens (tertiary/aromatic N) is 9. The molecule has 0 saturated heterocycles. The molecule has 0 atom stereocenters. The number of H-pyrrole nitrogens is 2. The first-order valence-electron chi connectivity index (χ1n) is 19.9. The molecule has 0 fully saturated rings. The second-order valence-electron chi connectivity index (χ2n) is 15.4. The van der Waals surface area contributed by atoms with Gasteiger partial charge in [0.05, 0.1) is 21.0 Å². The molecule has 5 aromatic carbocycles. The van der Waals surface area contributed by atoms with Crippen LogP contribution >= 0.6 is 11.6 Å². The van der Waals surface area contributed by atoms with E-state index in [1.807, 2.05) is 0 Å². The average molecular weight is 1050 g/mol. The molecule has 2 aliphatic heterocycles. The predicted molar refractivity (Wildman–Crippen MR) is 255 cm³/mol. The van der Waals surface area contributed by atoms with Crippen LogP contribution in [0, 0.1) is 0 Å². The lowest BCUT2D eigenvalue weighted by Crippen LogP contribution is -2.14. The third-order valence-corrected chi connectivity index (χ3v) is 15.1. The van der Waals surface area contributed by atoms with Crippen molar-refractivity contribution in [2.75, 3.05) is 15.8 Å². The fourth-order valence-corrected chi connectivity index (χ4v) is 11.4. The van der Waals surface area contributed by atoms with Crippen molar-refractivity contribution in [2.45, 2.75) is 19.6 Å². The van der Waals surface area contributed by atoms with E-state index >= 15 is 0 Å². The van der Waals surface area contributed by atoms with E-state index in [9.17, 15) is 47.3 Å². The number of rotatable bonds is 8. The van der Waals surface area contributed by atoms with Crippen molar-refractivity contribution >= 4 is 119 Å². The maximum absolute atomic E-state index is 14.6. The molecule has 9 N–H and O–H groups in total. The molecule has 8 bridgehead atoms. The Morgan fingerprint density at radius 1 is 0.493 bits per heavy atom. The van der Waals surface area contributed by atoms with Crippen LogP contribution in [0.2, 0.25) is 5.28 Å². The maximum atomic E-state index is 14.6. The molecule has 0 unspecified atom stereocenters. The van der Waals surface area contributed by atoms with Crippen molar-refractivity contribution in [1.29, 1.82) is 0 Å². The van der Waals surface area contributed by atoms with Gasteiger partial charge in [-0.2, -0.15) is 40.2 Å². The van der Waals surface area contributed by atoms with E-state index < -0.39 is 60.0 Å². The molecule has 11 rings (SSSR count). The van der Waals surface area contributed by atoms with Gasteiger partial charge in [0.15, 0.2) is 23.3 Å². The van der Waals surface area contributed by atoms with Gasteiger partial charge in [-0.25, -0.2) is 38.3 Å². The van der Waals surface area contributed by atoms with Gasteiger partial charge >= 0.3 is 0 Å². The first kappa shape index (κ1) is 45.3. The second kappa shape index (κ2) is 15.9. The van der Waals surface area contributed by atoms with Crippen molar-refractivity contribution in [1.82, 2.24) is 54.8 Å². The summed E-state index contributed by atoms with van der Waals surface area (Å²) >= 11 is 5.93. The Hall–Kier alpha value is -8.16. The zero-order valence-corrected chi connectivity index (χ0v) is 39.0. The highest BCUT2D eigenvalue weighted by molar-refractivity contribution is 7.93. The smallest absolute Gasteiger partial charge is 0.295 e. The van der Waals surface area contributed by atoms with Gasteiger partial charge < -0.3 is 21.0 Å². The Bertz CT molecular complexity index is 4460. The number of anilines is 4. The van der Waals surface area contributed by atoms with E-state index in [-0.39, 0.29) is 113 Å². The number of hydrogen-bond donors (Lipinski definition) is 8. The summed E-state index contributed by atoms with van der Waals surface area (Å²) in [6.45, 7) is 0. The third kappa shape index (κ3) is 8.05. The lowest BCUT2D eigenvalue weighted by molar-refractivity contribution is 0.481. The Labute approximate surface area is 402 Å². The second-order valence-corrected chi connectivity index (χ2v) is 21.6. The van der Waals surface area contributed by atoms with Crippen LogP contribution < -0.4 is 15.8 Å². The molecule has 356 valence electrons. The normalized spacial score (nSPS) is 12.7. The molecule has 25 nitrogen and oxygen atoms in total. The Kier molecular flexibility index (Phi) is 10.2. The molecular weight excluding hydrogens is 1030 g/mol. The molecular formula is C41H25ClN14O11S4. The van der Waals surface area contributed by atoms with Gasteiger partial charge in [-0.15, -0.1) is 0 Å². The molecule has 0 radical (unpaired) electrons. The van der Waals surface area contributed by atoms with E-state index in [1.165, 1.54) is 66.7 Å². The standard InChI is InChI=1S/C41H25ClN14O11S4/c42-39-53-40(43)55-41(54-39)44-17-5-1-6-18(15-17)56-68(57,58)25-10-2-7-21-28(25)36-49-33(21)51-38-29-22(8-3-11-26(29)70(62,63)64)32(48-38)46-35-24-16-19(69(59,60)61)13-14-20(24)31(45-35)47-37-30-23(34(50-36)52-37)9-4-12-27(30)71(65,66)67/h1-16,56H,(H,59,60,61)(H,62,63,64)(H,65,66,67)(H3,43,44,53,54,55)(H2,45,46,47,48,49,50,51,52). The van der Waals surface area contributed by atoms with Crippen LogP contribution in [0.1, 0.15) is 0 Å². The third-order valence-electron chi connectivity index (χ3n) is 10.9. The van der Waals surface area contributed by atoms with E-state index in [2.05, 4.69) is 54.9 Å². The topological polar surface area (TPSA) is 395 Å². The summed E-state index contributed by atoms with van der Waals surface area (Å²) in [6.07, 6.45) is 0. The summed E-state index contributed by atoms with van der Waals surface area (Å²) < 4.78 is 139. The number of nitrogens with one attached hydrogen (secondary N) is 4. The monoisotopic (exact) mass is 1050 g/mol. The van der Waals surface area contributed by atoms with Gasteiger partial charge in [0.25, 0.3) is 40.4 Å². The minimum Gasteiger partial charge on any atom is -0.368 e. The molecule has 6 heterocycles. The summed E-state index contributed by atoms with van der Waals surface area (Å²) in [6, 6.07) is 21.1. The minimum absolute atomic E-state index is 0.0118. The number of hydrogen-bond acceptors (Lipinski definition) is 19. The van der Waals surface area contributed by atoms with Crippen LogP contribution in [0.5, 0.6) is 0 Å². The van der Waals surface area contributed by atoms with Crippen molar-refractivity contribution in [3.05, 3.63) is 102 Å². The van der Waals surface area contributed by atoms with Gasteiger partial charge in [0, 0.05) is 43.9 Å². The van der Waals surface area contributed by atoms with Crippen LogP contribution in [-0.4, -0.2) is 102 Å². The van der Waals surface area contributed by atoms with Gasteiger partial charge in [-0.3, -0.25) is 18.4 Å². The van der Waals surface area contributed by atoms with Gasteiger partial charge in [0.1, 0.15) is 32.4 Å². The lowest BCUT2D eigenvalue weighted by Gasteiger charge is -2.13. The number of aromatic amines is 2. The zero-order valence-electron chi connectivity index (χ0n) is 35.0. The van der Waals surface area contributed by atoms with Crippen molar-refractivity contribution < 1.29 is 47.3 Å². The summed E-state index contributed by atoms with van der Waals surface area (Å²) in [4.78, 5) is 43.2. The van der Waals surface area contributed by atoms with Crippen molar-refractivity contribution in [2.24, 2.45) is 0 Å². The minimum atomic E-state index is -5.00. The number of halogens is 1. The number of sulfonamides is 1. The largest absolute Gasteiger partial charge is 0.368 e. The fourth-order valence-electron chi connectivity index (χ4n) is 8.06. The van der Waals surface area contributed by atoms with Crippen LogP contribution in [0.15, 0.2) is 117 Å². The zero-order chi connectivity index (χ0) is 49.9. The molecule has 0 saturated carbocycles. The summed E-state index contributed by atoms with van der Waals surface area (Å²) in [7, 11) is -19.5. The highest BCUT2D eigenvalue weighted by Crippen LogP contribution is 2.42. The van der Waals surface area contributed by atoms with E-state index in [4.69, 9.17) is 27.3 Å². The highest BCUT2D eigenvalue weighted by atomic mass is 35.5. The van der Waals surface area contributed by atoms with Crippen molar-refractivity contribution in [3.8, 4) is 45.6 Å². The molecule has 30 heteroatoms. The Balaban J connectivity index is 1.22. The molecule has 9 aromatic rings. The fraction of sp³-hybridized carbons (Fsp3) is 0. The van der Waals surface area contributed by atoms with Crippen LogP contribution in [0.4, 0.5) is 23.3 Å². The maximum Gasteiger partial charge on any atom is 0.295 e. The van der Waals surface area contributed by atoms with Gasteiger partial charge in [-0.05, 0) is 66.2 Å². The first-order chi connectivity index (χ1) is 33.6. The van der Waals surface area contributed by atoms with Crippen LogP contribution in [0.25, 0.3) is 89.7 Å². The van der Waals surface area contributed by atoms with Crippen LogP contribution in [0.3, 0.4) is 0 Å². The Morgan fingerprint density at radius 3 is 1.65 bits per heavy atom. The van der Waals surface area contributed by atoms with E-state index in [0.29, 0.717) is 5.69 Å². The van der Waals surface area contributed by atoms with E-state index in [1.54, 1.807) is 6.07 Å². The summed E-state index contributed by atoms with van der Waals surface area (Å²) in [5.41, 5.74) is 5.20. The number of benzene rings is 5. The number of aromatic nitrogens is 11. The van der Waals surface area contributed by atoms with Gasteiger partial charge in [-0.1, -0.05) is 42.5 Å². The number of nitrogen functional groups attached to an aromatic ring is 1. The summed E-state index contributed by atoms with van der Waals surface area (Å²) in [5, 5.41) is 2.33.